The first-order chi connectivity index (χ1) is 9.94. The van der Waals surface area contributed by atoms with Crippen molar-refractivity contribution < 1.29 is 0 Å². The van der Waals surface area contributed by atoms with Crippen molar-refractivity contribution in [3.05, 3.63) is 46.5 Å². The van der Waals surface area contributed by atoms with E-state index in [4.69, 9.17) is 11.5 Å². The Hall–Kier alpha value is -1.02. The molecule has 1 aromatic heterocycles. The zero-order valence-corrected chi connectivity index (χ0v) is 16.0. The molecule has 0 fully saturated rings. The summed E-state index contributed by atoms with van der Waals surface area (Å²) in [5.41, 5.74) is 6.51. The number of halogens is 1. The first-order valence-electron chi connectivity index (χ1n) is 8.03. The predicted molar refractivity (Wildman–Crippen MR) is 99.8 cm³/mol. The molecule has 0 N–H and O–H groups in total. The van der Waals surface area contributed by atoms with E-state index in [1.165, 1.54) is 28.0 Å². The van der Waals surface area contributed by atoms with Gasteiger partial charge in [-0.05, 0) is 36.1 Å². The van der Waals surface area contributed by atoms with Crippen molar-refractivity contribution in [2.24, 2.45) is 0 Å². The first-order valence-corrected chi connectivity index (χ1v) is 8.47. The van der Waals surface area contributed by atoms with Crippen LogP contribution in [0.15, 0.2) is 24.3 Å². The maximum absolute atomic E-state index is 6.94. The molecule has 2 aromatic rings. The van der Waals surface area contributed by atoms with Gasteiger partial charge in [0.15, 0.2) is 0 Å². The minimum atomic E-state index is -0.117. The summed E-state index contributed by atoms with van der Waals surface area (Å²) in [7, 11) is 0. The molecule has 0 aliphatic rings. The summed E-state index contributed by atoms with van der Waals surface area (Å²) in [4.78, 5) is 0. The highest BCUT2D eigenvalue weighted by Gasteiger charge is 2.23. The van der Waals surface area contributed by atoms with Crippen molar-refractivity contribution >= 4 is 17.4 Å². The molecule has 0 saturated carbocycles. The van der Waals surface area contributed by atoms with E-state index in [2.05, 4.69) is 84.1 Å². The topological polar surface area (TPSA) is 4.93 Å². The molecule has 0 aliphatic carbocycles. The Bertz CT molecular complexity index is 679. The third-order valence-corrected chi connectivity index (χ3v) is 4.78. The zero-order chi connectivity index (χ0) is 16.9. The molecule has 0 atom stereocenters. The highest BCUT2D eigenvalue weighted by atomic mass is 35.5. The zero-order valence-electron chi connectivity index (χ0n) is 15.2. The number of para-hydroxylation sites is 1. The minimum absolute atomic E-state index is 0.0505. The molecule has 1 heterocycles. The maximum Gasteiger partial charge on any atom is 0.0610 e. The predicted octanol–water partition coefficient (Wildman–Crippen LogP) is 5.72. The summed E-state index contributed by atoms with van der Waals surface area (Å²) in [5, 5.41) is 0. The monoisotopic (exact) mass is 316 g/mol. The van der Waals surface area contributed by atoms with Gasteiger partial charge < -0.3 is 15.9 Å². The van der Waals surface area contributed by atoms with E-state index < -0.39 is 0 Å². The van der Waals surface area contributed by atoms with E-state index in [9.17, 15) is 0 Å². The van der Waals surface area contributed by atoms with E-state index in [0.29, 0.717) is 0 Å². The van der Waals surface area contributed by atoms with Crippen molar-refractivity contribution in [1.82, 2.24) is 4.47 Å². The first kappa shape index (κ1) is 17.3. The second kappa shape index (κ2) is 5.56. The molecule has 0 radical (unpaired) electrons. The summed E-state index contributed by atoms with van der Waals surface area (Å²) >= 11 is 6.94. The van der Waals surface area contributed by atoms with Crippen LogP contribution in [0.2, 0.25) is 0 Å². The van der Waals surface area contributed by atoms with Gasteiger partial charge in [0, 0.05) is 5.69 Å². The molecule has 22 heavy (non-hydrogen) atoms. The highest BCUT2D eigenvalue weighted by molar-refractivity contribution is 7.01. The lowest BCUT2D eigenvalue weighted by molar-refractivity contribution is 0.558. The number of aryl methyl sites for hydroxylation is 2. The van der Waals surface area contributed by atoms with Gasteiger partial charge in [-0.25, -0.2) is 5.46 Å². The molecule has 0 aliphatic heterocycles. The minimum Gasteiger partial charge on any atom is -0.518 e. The quantitative estimate of drug-likeness (QED) is 0.634. The van der Waals surface area contributed by atoms with Gasteiger partial charge in [0.1, 0.15) is 0 Å². The van der Waals surface area contributed by atoms with Crippen LogP contribution in [-0.2, 0) is 10.8 Å². The van der Waals surface area contributed by atoms with Gasteiger partial charge >= 0.3 is 0 Å². The number of rotatable bonds is 1. The standard InChI is InChI=1S/C19H28BClN/c1-13-10-9-11-14(2)17(13)22-16(19(6,7)8)12-15(20(22)21)18(3,4)5/h9-12H,1-8H3/q-1. The molecular formula is C19H28BClN-. The summed E-state index contributed by atoms with van der Waals surface area (Å²) in [6.45, 7) is 17.8. The molecule has 3 heteroatoms. The van der Waals surface area contributed by atoms with E-state index in [0.717, 1.165) is 0 Å². The van der Waals surface area contributed by atoms with Gasteiger partial charge in [-0.2, -0.15) is 0 Å². The van der Waals surface area contributed by atoms with Crippen LogP contribution in [-0.4, -0.2) is 10.4 Å². The van der Waals surface area contributed by atoms with Crippen LogP contribution < -0.4 is 0 Å². The molecular weight excluding hydrogens is 288 g/mol. The van der Waals surface area contributed by atoms with Crippen LogP contribution in [0.3, 0.4) is 0 Å². The smallest absolute Gasteiger partial charge is 0.0610 e. The lowest BCUT2D eigenvalue weighted by Crippen LogP contribution is -2.22. The van der Waals surface area contributed by atoms with Gasteiger partial charge in [-0.3, -0.25) is 0 Å². The Balaban J connectivity index is 2.89. The van der Waals surface area contributed by atoms with Crippen LogP contribution in [0.1, 0.15) is 63.8 Å². The van der Waals surface area contributed by atoms with Crippen LogP contribution in [0.4, 0.5) is 0 Å². The van der Waals surface area contributed by atoms with Crippen molar-refractivity contribution in [2.45, 2.75) is 66.2 Å². The van der Waals surface area contributed by atoms with Crippen molar-refractivity contribution in [3.8, 4) is 5.69 Å². The summed E-state index contributed by atoms with van der Waals surface area (Å²) in [6, 6.07) is 8.77. The Kier molecular flexibility index (Phi) is 4.38. The third kappa shape index (κ3) is 3.03. The van der Waals surface area contributed by atoms with Gasteiger partial charge in [0.2, 0.25) is 0 Å². The Morgan fingerprint density at radius 1 is 0.909 bits per heavy atom. The number of hydrogen-bond acceptors (Lipinski definition) is 0. The summed E-state index contributed by atoms with van der Waals surface area (Å²) in [5.74, 6) is -0.117. The lowest BCUT2D eigenvalue weighted by atomic mass is 9.77. The molecule has 0 saturated heterocycles. The largest absolute Gasteiger partial charge is 0.518 e. The fourth-order valence-corrected chi connectivity index (χ4v) is 3.71. The molecule has 2 rings (SSSR count). The van der Waals surface area contributed by atoms with Gasteiger partial charge in [-0.1, -0.05) is 71.2 Å². The molecule has 0 unspecified atom stereocenters. The molecule has 0 spiro atoms. The van der Waals surface area contributed by atoms with Gasteiger partial charge in [-0.15, -0.1) is 0 Å². The second-order valence-corrected chi connectivity index (χ2v) is 8.84. The van der Waals surface area contributed by atoms with E-state index >= 15 is 0 Å². The molecule has 1 aromatic carbocycles. The SMILES string of the molecule is Cc1cccc(C)c1-n1[b-](Cl)c(C(C)(C)C)cc1C(C)(C)C. The fourth-order valence-electron chi connectivity index (χ4n) is 3.12. The van der Waals surface area contributed by atoms with Gasteiger partial charge in [0.05, 0.1) is 5.90 Å². The maximum atomic E-state index is 6.94. The van der Waals surface area contributed by atoms with Crippen LogP contribution in [0, 0.1) is 13.8 Å². The Morgan fingerprint density at radius 2 is 1.41 bits per heavy atom. The number of benzene rings is 1. The highest BCUT2D eigenvalue weighted by Crippen LogP contribution is 2.34. The number of hydrogen-bond donors (Lipinski definition) is 0. The summed E-state index contributed by atoms with van der Waals surface area (Å²) in [6.07, 6.45) is 0. The molecule has 0 amide bonds. The van der Waals surface area contributed by atoms with Crippen LogP contribution in [0.5, 0.6) is 0 Å². The third-order valence-electron chi connectivity index (χ3n) is 4.35. The number of aromatic nitrogens is 1. The number of nitrogens with zero attached hydrogens (tertiary/aromatic N) is 1. The Morgan fingerprint density at radius 3 is 1.82 bits per heavy atom. The van der Waals surface area contributed by atoms with Crippen molar-refractivity contribution in [3.63, 3.8) is 0 Å². The van der Waals surface area contributed by atoms with E-state index in [1.807, 2.05) is 0 Å². The average molecular weight is 317 g/mol. The van der Waals surface area contributed by atoms with Crippen LogP contribution >= 0.6 is 11.5 Å². The normalized spacial score (nSPS) is 12.8. The molecule has 0 bridgehead atoms. The van der Waals surface area contributed by atoms with Crippen molar-refractivity contribution in [1.29, 1.82) is 0 Å². The van der Waals surface area contributed by atoms with Crippen molar-refractivity contribution in [2.75, 3.05) is 0 Å². The van der Waals surface area contributed by atoms with Gasteiger partial charge in [0.25, 0.3) is 0 Å². The second-order valence-electron chi connectivity index (χ2n) is 8.43. The Labute approximate surface area is 140 Å². The van der Waals surface area contributed by atoms with E-state index in [1.54, 1.807) is 0 Å². The fraction of sp³-hybridized carbons (Fsp3) is 0.526. The average Bonchev–Trinajstić information content (AvgIpc) is 2.67. The summed E-state index contributed by atoms with van der Waals surface area (Å²) < 4.78 is 2.34. The van der Waals surface area contributed by atoms with E-state index in [-0.39, 0.29) is 16.7 Å². The molecule has 120 valence electrons. The lowest BCUT2D eigenvalue weighted by Gasteiger charge is -2.31. The molecule has 1 nitrogen and oxygen atoms in total. The van der Waals surface area contributed by atoms with Crippen LogP contribution in [0.25, 0.3) is 5.69 Å².